The summed E-state index contributed by atoms with van der Waals surface area (Å²) in [5, 5.41) is 0. The summed E-state index contributed by atoms with van der Waals surface area (Å²) in [6, 6.07) is 23.1. The van der Waals surface area contributed by atoms with Crippen molar-refractivity contribution in [3.8, 4) is 22.3 Å². The number of allylic oxidation sites excluding steroid dienone is 1. The Balaban J connectivity index is 1.80. The van der Waals surface area contributed by atoms with E-state index in [0.29, 0.717) is 5.92 Å². The molecule has 3 aromatic rings. The zero-order chi connectivity index (χ0) is 23.3. The van der Waals surface area contributed by atoms with Crippen LogP contribution >= 0.6 is 0 Å². The fourth-order valence-corrected chi connectivity index (χ4v) is 4.65. The summed E-state index contributed by atoms with van der Waals surface area (Å²) < 4.78 is 0. The third-order valence-electron chi connectivity index (χ3n) is 6.93. The molecule has 0 fully saturated rings. The summed E-state index contributed by atoms with van der Waals surface area (Å²) >= 11 is 0. The van der Waals surface area contributed by atoms with Gasteiger partial charge in [-0.1, -0.05) is 128 Å². The van der Waals surface area contributed by atoms with E-state index < -0.39 is 0 Å². The highest BCUT2D eigenvalue weighted by Crippen LogP contribution is 2.42. The quantitative estimate of drug-likeness (QED) is 0.394. The van der Waals surface area contributed by atoms with E-state index in [1.165, 1.54) is 50.1 Å². The van der Waals surface area contributed by atoms with Gasteiger partial charge in [0, 0.05) is 0 Å². The molecule has 0 saturated heterocycles. The van der Waals surface area contributed by atoms with Gasteiger partial charge in [0.05, 0.1) is 0 Å². The molecule has 0 N–H and O–H groups in total. The minimum absolute atomic E-state index is 0.175. The standard InChI is InChI=1S/C32H38/c1-21(2)24-19-29-27(22-9-13-25(14-10-22)31(3,4)5)17-18-28(30(29)20-24)23-11-15-26(16-12-23)32(6,7)8/h9-19,21H,20H2,1-8H3. The van der Waals surface area contributed by atoms with Crippen LogP contribution in [0.25, 0.3) is 28.3 Å². The molecule has 0 unspecified atom stereocenters. The average molecular weight is 423 g/mol. The summed E-state index contributed by atoms with van der Waals surface area (Å²) in [5.74, 6) is 0.564. The Morgan fingerprint density at radius 1 is 0.594 bits per heavy atom. The first kappa shape index (κ1) is 22.6. The van der Waals surface area contributed by atoms with Gasteiger partial charge in [-0.25, -0.2) is 0 Å². The van der Waals surface area contributed by atoms with Crippen molar-refractivity contribution in [2.24, 2.45) is 5.92 Å². The molecule has 3 aromatic carbocycles. The first-order valence-corrected chi connectivity index (χ1v) is 12.0. The van der Waals surface area contributed by atoms with E-state index in [9.17, 15) is 0 Å². The molecular formula is C32H38. The van der Waals surface area contributed by atoms with Crippen LogP contribution in [0.4, 0.5) is 0 Å². The van der Waals surface area contributed by atoms with Gasteiger partial charge in [0.2, 0.25) is 0 Å². The van der Waals surface area contributed by atoms with E-state index in [1.54, 1.807) is 0 Å². The largest absolute Gasteiger partial charge is 0.0626 e. The summed E-state index contributed by atoms with van der Waals surface area (Å²) in [6.07, 6.45) is 3.51. The van der Waals surface area contributed by atoms with Crippen molar-refractivity contribution in [2.45, 2.75) is 72.6 Å². The van der Waals surface area contributed by atoms with Crippen LogP contribution in [-0.2, 0) is 17.3 Å². The molecule has 0 aliphatic heterocycles. The van der Waals surface area contributed by atoms with E-state index in [-0.39, 0.29) is 10.8 Å². The molecule has 0 spiro atoms. The third kappa shape index (κ3) is 4.33. The van der Waals surface area contributed by atoms with Crippen LogP contribution in [0, 0.1) is 5.92 Å². The molecule has 0 amide bonds. The van der Waals surface area contributed by atoms with Gasteiger partial charge in [0.1, 0.15) is 0 Å². The zero-order valence-corrected chi connectivity index (χ0v) is 21.1. The Bertz CT molecular complexity index is 1140. The fraction of sp³-hybridized carbons (Fsp3) is 0.375. The second-order valence-corrected chi connectivity index (χ2v) is 11.8. The van der Waals surface area contributed by atoms with Crippen molar-refractivity contribution in [1.82, 2.24) is 0 Å². The Kier molecular flexibility index (Phi) is 5.70. The van der Waals surface area contributed by atoms with Gasteiger partial charge < -0.3 is 0 Å². The molecule has 0 aromatic heterocycles. The van der Waals surface area contributed by atoms with Gasteiger partial charge in [-0.3, -0.25) is 0 Å². The van der Waals surface area contributed by atoms with E-state index in [0.717, 1.165) is 6.42 Å². The van der Waals surface area contributed by atoms with Crippen molar-refractivity contribution >= 4 is 6.08 Å². The van der Waals surface area contributed by atoms with E-state index in [1.807, 2.05) is 0 Å². The van der Waals surface area contributed by atoms with Crippen LogP contribution in [0.3, 0.4) is 0 Å². The molecule has 32 heavy (non-hydrogen) atoms. The summed E-state index contributed by atoms with van der Waals surface area (Å²) in [6.45, 7) is 18.3. The molecule has 166 valence electrons. The lowest BCUT2D eigenvalue weighted by atomic mass is 9.84. The molecule has 0 nitrogen and oxygen atoms in total. The van der Waals surface area contributed by atoms with Gasteiger partial charge in [-0.15, -0.1) is 0 Å². The monoisotopic (exact) mass is 422 g/mol. The lowest BCUT2D eigenvalue weighted by molar-refractivity contribution is 0.590. The maximum atomic E-state index is 2.46. The van der Waals surface area contributed by atoms with E-state index in [2.05, 4.69) is 122 Å². The topological polar surface area (TPSA) is 0 Å². The van der Waals surface area contributed by atoms with Gasteiger partial charge >= 0.3 is 0 Å². The smallest absolute Gasteiger partial charge is 0.00489 e. The Morgan fingerprint density at radius 3 is 1.47 bits per heavy atom. The molecule has 4 rings (SSSR count). The van der Waals surface area contributed by atoms with E-state index >= 15 is 0 Å². The third-order valence-corrected chi connectivity index (χ3v) is 6.93. The van der Waals surface area contributed by atoms with Gasteiger partial charge in [-0.2, -0.15) is 0 Å². The molecular weight excluding hydrogens is 384 g/mol. The van der Waals surface area contributed by atoms with Gasteiger partial charge in [0.25, 0.3) is 0 Å². The molecule has 0 heteroatoms. The lowest BCUT2D eigenvalue weighted by Gasteiger charge is -2.20. The number of rotatable bonds is 3. The number of hydrogen-bond acceptors (Lipinski definition) is 0. The highest BCUT2D eigenvalue weighted by atomic mass is 14.3. The second-order valence-electron chi connectivity index (χ2n) is 11.8. The summed E-state index contributed by atoms with van der Waals surface area (Å²) in [5.41, 5.74) is 12.9. The van der Waals surface area contributed by atoms with Gasteiger partial charge in [-0.05, 0) is 67.7 Å². The van der Waals surface area contributed by atoms with Crippen LogP contribution in [0.2, 0.25) is 0 Å². The minimum Gasteiger partial charge on any atom is -0.0626 e. The molecule has 1 aliphatic rings. The minimum atomic E-state index is 0.175. The number of fused-ring (bicyclic) bond motifs is 1. The average Bonchev–Trinajstić information content (AvgIpc) is 3.18. The molecule has 1 aliphatic carbocycles. The van der Waals surface area contributed by atoms with Crippen molar-refractivity contribution < 1.29 is 0 Å². The highest BCUT2D eigenvalue weighted by molar-refractivity contribution is 5.87. The van der Waals surface area contributed by atoms with Crippen molar-refractivity contribution in [3.63, 3.8) is 0 Å². The maximum Gasteiger partial charge on any atom is -0.00489 e. The van der Waals surface area contributed by atoms with Crippen molar-refractivity contribution in [1.29, 1.82) is 0 Å². The maximum absolute atomic E-state index is 2.46. The number of hydrogen-bond donors (Lipinski definition) is 0. The summed E-state index contributed by atoms with van der Waals surface area (Å²) in [4.78, 5) is 0. The molecule has 0 atom stereocenters. The van der Waals surface area contributed by atoms with Crippen molar-refractivity contribution in [2.75, 3.05) is 0 Å². The first-order valence-electron chi connectivity index (χ1n) is 12.0. The predicted molar refractivity (Wildman–Crippen MR) is 141 cm³/mol. The lowest BCUT2D eigenvalue weighted by Crippen LogP contribution is -2.10. The predicted octanol–water partition coefficient (Wildman–Crippen LogP) is 9.21. The zero-order valence-electron chi connectivity index (χ0n) is 21.1. The van der Waals surface area contributed by atoms with Crippen molar-refractivity contribution in [3.05, 3.63) is 88.5 Å². The van der Waals surface area contributed by atoms with Crippen LogP contribution in [0.1, 0.15) is 77.6 Å². The van der Waals surface area contributed by atoms with Crippen LogP contribution in [0.15, 0.2) is 66.2 Å². The molecule has 0 bridgehead atoms. The fourth-order valence-electron chi connectivity index (χ4n) is 4.65. The number of benzene rings is 3. The van der Waals surface area contributed by atoms with Gasteiger partial charge in [0.15, 0.2) is 0 Å². The Labute approximate surface area is 195 Å². The normalized spacial score (nSPS) is 14.0. The van der Waals surface area contributed by atoms with Crippen LogP contribution < -0.4 is 0 Å². The summed E-state index contributed by atoms with van der Waals surface area (Å²) in [7, 11) is 0. The highest BCUT2D eigenvalue weighted by Gasteiger charge is 2.23. The van der Waals surface area contributed by atoms with Crippen LogP contribution in [0.5, 0.6) is 0 Å². The first-order chi connectivity index (χ1) is 14.9. The second kappa shape index (κ2) is 8.07. The Morgan fingerprint density at radius 2 is 1.03 bits per heavy atom. The molecule has 0 saturated carbocycles. The Hall–Kier alpha value is -2.60. The SMILES string of the molecule is CC(C)C1=Cc2c(-c3ccc(C(C)(C)C)cc3)ccc(-c3ccc(C(C)(C)C)cc3)c2C1. The van der Waals surface area contributed by atoms with Crippen LogP contribution in [-0.4, -0.2) is 0 Å². The van der Waals surface area contributed by atoms with E-state index in [4.69, 9.17) is 0 Å². The molecule has 0 heterocycles. The molecule has 0 radical (unpaired) electrons.